The summed E-state index contributed by atoms with van der Waals surface area (Å²) in [5.74, 6) is -1.42. The number of hydrogen-bond donors (Lipinski definition) is 2. The van der Waals surface area contributed by atoms with Crippen LogP contribution < -0.4 is 0 Å². The van der Waals surface area contributed by atoms with Crippen LogP contribution >= 0.6 is 0 Å². The highest BCUT2D eigenvalue weighted by atomic mass is 16.5. The van der Waals surface area contributed by atoms with Crippen molar-refractivity contribution < 1.29 is 34.1 Å². The Bertz CT molecular complexity index is 1090. The molecule has 4 rings (SSSR count). The Labute approximate surface area is 226 Å². The minimum absolute atomic E-state index is 0.00375. The zero-order valence-corrected chi connectivity index (χ0v) is 24.3. The van der Waals surface area contributed by atoms with E-state index in [2.05, 4.69) is 6.92 Å². The standard InChI is InChI=1S/C31H46O7/c1-16(11-18(32)12-17(2)27(37)38-8)19-13-24(36)31(7)26-20(33)14-22-28(3,4)23(35)9-10-29(22,5)25(26)21(34)15-30(19,31)6/h16-17,19-20,22-23,33,35H,9-15H2,1-8H3/t16-,17-,19-,20+,22?,23+,29+,30-,31+/m1/s1. The zero-order valence-electron chi connectivity index (χ0n) is 24.3. The number of carbonyl (C=O) groups is 4. The van der Waals surface area contributed by atoms with Gasteiger partial charge >= 0.3 is 5.97 Å². The van der Waals surface area contributed by atoms with Crippen LogP contribution in [-0.4, -0.2) is 52.8 Å². The van der Waals surface area contributed by atoms with Crippen LogP contribution in [0.1, 0.15) is 93.4 Å². The van der Waals surface area contributed by atoms with Crippen molar-refractivity contribution in [2.75, 3.05) is 7.11 Å². The normalized spacial score (nSPS) is 41.6. The minimum atomic E-state index is -0.995. The number of aliphatic hydroxyl groups is 2. The molecule has 4 aliphatic carbocycles. The van der Waals surface area contributed by atoms with E-state index >= 15 is 0 Å². The van der Waals surface area contributed by atoms with E-state index in [9.17, 15) is 29.4 Å². The van der Waals surface area contributed by atoms with Crippen LogP contribution in [0.5, 0.6) is 0 Å². The molecule has 7 nitrogen and oxygen atoms in total. The lowest BCUT2D eigenvalue weighted by atomic mass is 9.42. The summed E-state index contributed by atoms with van der Waals surface area (Å²) in [6.45, 7) is 13.7. The molecule has 38 heavy (non-hydrogen) atoms. The van der Waals surface area contributed by atoms with Crippen molar-refractivity contribution in [2.45, 2.75) is 106 Å². The summed E-state index contributed by atoms with van der Waals surface area (Å²) >= 11 is 0. The van der Waals surface area contributed by atoms with Crippen LogP contribution in [0.15, 0.2) is 11.1 Å². The molecule has 0 radical (unpaired) electrons. The molecule has 2 N–H and O–H groups in total. The van der Waals surface area contributed by atoms with E-state index in [4.69, 9.17) is 4.74 Å². The molecule has 0 amide bonds. The quantitative estimate of drug-likeness (QED) is 0.494. The summed E-state index contributed by atoms with van der Waals surface area (Å²) in [6.07, 6.45) is 0.966. The Kier molecular flexibility index (Phi) is 7.18. The predicted molar refractivity (Wildman–Crippen MR) is 142 cm³/mol. The fourth-order valence-electron chi connectivity index (χ4n) is 9.31. The average molecular weight is 531 g/mol. The fraction of sp³-hybridized carbons (Fsp3) is 0.806. The predicted octanol–water partition coefficient (Wildman–Crippen LogP) is 4.22. The number of rotatable bonds is 6. The van der Waals surface area contributed by atoms with Crippen molar-refractivity contribution in [3.8, 4) is 0 Å². The molecule has 0 aromatic rings. The number of methoxy groups -OCH3 is 1. The molecule has 0 aliphatic heterocycles. The summed E-state index contributed by atoms with van der Waals surface area (Å²) in [6, 6.07) is 0. The van der Waals surface area contributed by atoms with E-state index in [0.29, 0.717) is 30.4 Å². The van der Waals surface area contributed by atoms with E-state index in [1.54, 1.807) is 6.92 Å². The molecule has 212 valence electrons. The van der Waals surface area contributed by atoms with Crippen LogP contribution in [0.3, 0.4) is 0 Å². The SMILES string of the molecule is COC(=O)[C@H](C)CC(=O)C[C@@H](C)[C@H]1CC(=O)[C@@]2(C)C3=C(C(=O)C[C@]12C)[C@@]1(C)CC[C@H](O)C(C)(C)C1C[C@@H]3O. The van der Waals surface area contributed by atoms with Gasteiger partial charge in [-0.1, -0.05) is 41.5 Å². The van der Waals surface area contributed by atoms with Gasteiger partial charge in [0, 0.05) is 31.3 Å². The number of aliphatic hydroxyl groups excluding tert-OH is 2. The Morgan fingerprint density at radius 1 is 1.05 bits per heavy atom. The van der Waals surface area contributed by atoms with Gasteiger partial charge in [0.2, 0.25) is 0 Å². The second-order valence-electron chi connectivity index (χ2n) is 14.1. The van der Waals surface area contributed by atoms with Crippen molar-refractivity contribution in [1.82, 2.24) is 0 Å². The Morgan fingerprint density at radius 2 is 1.68 bits per heavy atom. The molecule has 2 fully saturated rings. The van der Waals surface area contributed by atoms with E-state index in [1.165, 1.54) is 7.11 Å². The lowest BCUT2D eigenvalue weighted by molar-refractivity contribution is -0.147. The Morgan fingerprint density at radius 3 is 2.29 bits per heavy atom. The van der Waals surface area contributed by atoms with Crippen molar-refractivity contribution in [3.05, 3.63) is 11.1 Å². The van der Waals surface area contributed by atoms with Crippen LogP contribution in [-0.2, 0) is 23.9 Å². The maximum absolute atomic E-state index is 14.1. The first-order valence-corrected chi connectivity index (χ1v) is 14.2. The third kappa shape index (κ3) is 3.89. The highest BCUT2D eigenvalue weighted by molar-refractivity contribution is 6.05. The third-order valence-electron chi connectivity index (χ3n) is 11.7. The second kappa shape index (κ2) is 9.36. The van der Waals surface area contributed by atoms with Gasteiger partial charge in [-0.25, -0.2) is 0 Å². The monoisotopic (exact) mass is 530 g/mol. The lowest BCUT2D eigenvalue weighted by Crippen LogP contribution is -2.60. The van der Waals surface area contributed by atoms with Crippen molar-refractivity contribution in [1.29, 1.82) is 0 Å². The molecule has 0 spiro atoms. The molecule has 7 heteroatoms. The molecule has 0 aromatic heterocycles. The number of Topliss-reactive ketones (excluding diaryl/α,β-unsaturated/α-hetero) is 3. The molecule has 2 saturated carbocycles. The topological polar surface area (TPSA) is 118 Å². The van der Waals surface area contributed by atoms with E-state index < -0.39 is 45.8 Å². The number of carbonyl (C=O) groups excluding carboxylic acids is 4. The van der Waals surface area contributed by atoms with Crippen molar-refractivity contribution in [3.63, 3.8) is 0 Å². The van der Waals surface area contributed by atoms with Crippen molar-refractivity contribution >= 4 is 23.3 Å². The van der Waals surface area contributed by atoms with E-state index in [1.807, 2.05) is 34.6 Å². The molecule has 4 aliphatic rings. The van der Waals surface area contributed by atoms with Gasteiger partial charge in [-0.15, -0.1) is 0 Å². The van der Waals surface area contributed by atoms with E-state index in [0.717, 1.165) is 0 Å². The molecule has 9 atom stereocenters. The molecular weight excluding hydrogens is 484 g/mol. The molecule has 0 bridgehead atoms. The van der Waals surface area contributed by atoms with Gasteiger partial charge in [-0.05, 0) is 65.8 Å². The molecular formula is C31H46O7. The third-order valence-corrected chi connectivity index (χ3v) is 11.7. The van der Waals surface area contributed by atoms with Gasteiger partial charge in [0.05, 0.1) is 30.7 Å². The summed E-state index contributed by atoms with van der Waals surface area (Å²) in [4.78, 5) is 52.7. The minimum Gasteiger partial charge on any atom is -0.469 e. The van der Waals surface area contributed by atoms with Gasteiger partial charge in [-0.2, -0.15) is 0 Å². The molecule has 1 unspecified atom stereocenters. The number of ketones is 3. The first kappa shape index (κ1) is 29.1. The van der Waals surface area contributed by atoms with E-state index in [-0.39, 0.29) is 60.8 Å². The highest BCUT2D eigenvalue weighted by Gasteiger charge is 2.70. The fourth-order valence-corrected chi connectivity index (χ4v) is 9.31. The number of ether oxygens (including phenoxy) is 1. The van der Waals surface area contributed by atoms with Crippen LogP contribution in [0.4, 0.5) is 0 Å². The smallest absolute Gasteiger partial charge is 0.308 e. The van der Waals surface area contributed by atoms with Crippen LogP contribution in [0, 0.1) is 45.3 Å². The number of allylic oxidation sites excluding steroid dienone is 1. The van der Waals surface area contributed by atoms with Crippen LogP contribution in [0.25, 0.3) is 0 Å². The summed E-state index contributed by atoms with van der Waals surface area (Å²) in [7, 11) is 1.31. The first-order valence-electron chi connectivity index (χ1n) is 14.2. The molecule has 0 aromatic carbocycles. The number of hydrogen-bond acceptors (Lipinski definition) is 7. The van der Waals surface area contributed by atoms with Gasteiger partial charge in [-0.3, -0.25) is 19.2 Å². The average Bonchev–Trinajstić information content (AvgIpc) is 3.03. The van der Waals surface area contributed by atoms with Crippen LogP contribution in [0.2, 0.25) is 0 Å². The summed E-state index contributed by atoms with van der Waals surface area (Å²) < 4.78 is 4.75. The van der Waals surface area contributed by atoms with Gasteiger partial charge in [0.15, 0.2) is 5.78 Å². The highest BCUT2D eigenvalue weighted by Crippen LogP contribution is 2.70. The Hall–Kier alpha value is -1.86. The maximum Gasteiger partial charge on any atom is 0.308 e. The number of fused-ring (bicyclic) bond motifs is 4. The number of esters is 1. The van der Waals surface area contributed by atoms with Gasteiger partial charge in [0.1, 0.15) is 11.6 Å². The zero-order chi connectivity index (χ0) is 28.6. The molecule has 0 heterocycles. The van der Waals surface area contributed by atoms with Gasteiger partial charge in [0.25, 0.3) is 0 Å². The largest absolute Gasteiger partial charge is 0.469 e. The Balaban J connectivity index is 1.71. The summed E-state index contributed by atoms with van der Waals surface area (Å²) in [5, 5.41) is 22.4. The maximum atomic E-state index is 14.1. The molecule has 0 saturated heterocycles. The summed E-state index contributed by atoms with van der Waals surface area (Å²) in [5.41, 5.74) is -1.46. The van der Waals surface area contributed by atoms with Gasteiger partial charge < -0.3 is 14.9 Å². The first-order chi connectivity index (χ1) is 17.5. The van der Waals surface area contributed by atoms with Crippen molar-refractivity contribution in [2.24, 2.45) is 45.3 Å². The second-order valence-corrected chi connectivity index (χ2v) is 14.1. The lowest BCUT2D eigenvalue weighted by Gasteiger charge is -2.61.